The van der Waals surface area contributed by atoms with Crippen LogP contribution in [0.25, 0.3) is 0 Å². The molecule has 1 aromatic rings. The zero-order chi connectivity index (χ0) is 13.7. The number of carbonyl (C=O) groups is 1. The molecule has 0 aromatic carbocycles. The maximum atomic E-state index is 11.8. The molecule has 1 fully saturated rings. The third-order valence-electron chi connectivity index (χ3n) is 3.49. The smallest absolute Gasteiger partial charge is 0.223 e. The van der Waals surface area contributed by atoms with Crippen LogP contribution in [0.1, 0.15) is 38.8 Å². The van der Waals surface area contributed by atoms with Gasteiger partial charge >= 0.3 is 0 Å². The van der Waals surface area contributed by atoms with Crippen molar-refractivity contribution in [3.8, 4) is 0 Å². The van der Waals surface area contributed by atoms with Crippen LogP contribution in [0.4, 0.5) is 5.82 Å². The number of hydrogen-bond donors (Lipinski definition) is 1. The first-order valence-electron chi connectivity index (χ1n) is 7.05. The first-order chi connectivity index (χ1) is 9.22. The molecule has 0 radical (unpaired) electrons. The molecular weight excluding hydrogens is 240 g/mol. The van der Waals surface area contributed by atoms with Crippen molar-refractivity contribution in [2.45, 2.75) is 39.7 Å². The Kier molecular flexibility index (Phi) is 4.71. The Labute approximate surface area is 114 Å². The molecule has 1 aromatic heterocycles. The van der Waals surface area contributed by atoms with Gasteiger partial charge in [0.15, 0.2) is 0 Å². The lowest BCUT2D eigenvalue weighted by Gasteiger charge is -2.15. The molecule has 5 nitrogen and oxygen atoms in total. The summed E-state index contributed by atoms with van der Waals surface area (Å²) in [5.74, 6) is 1.54. The van der Waals surface area contributed by atoms with Crippen LogP contribution in [0, 0.1) is 5.92 Å². The van der Waals surface area contributed by atoms with Crippen molar-refractivity contribution < 1.29 is 4.79 Å². The molecule has 2 heterocycles. The van der Waals surface area contributed by atoms with Crippen molar-refractivity contribution >= 4 is 11.7 Å². The number of carbonyl (C=O) groups excluding carboxylic acids is 1. The molecular formula is C14H22N4O. The maximum Gasteiger partial charge on any atom is 0.223 e. The van der Waals surface area contributed by atoms with E-state index in [-0.39, 0.29) is 5.91 Å². The summed E-state index contributed by atoms with van der Waals surface area (Å²) >= 11 is 0. The van der Waals surface area contributed by atoms with Gasteiger partial charge in [0, 0.05) is 19.5 Å². The van der Waals surface area contributed by atoms with E-state index in [0.717, 1.165) is 37.4 Å². The Bertz CT molecular complexity index is 418. The highest BCUT2D eigenvalue weighted by Crippen LogP contribution is 2.21. The lowest BCUT2D eigenvalue weighted by Crippen LogP contribution is -2.25. The number of nitrogens with one attached hydrogen (secondary N) is 1. The molecule has 2 rings (SSSR count). The van der Waals surface area contributed by atoms with Crippen molar-refractivity contribution in [2.24, 2.45) is 5.92 Å². The number of nitrogens with zero attached hydrogens (tertiary/aromatic N) is 3. The van der Waals surface area contributed by atoms with E-state index < -0.39 is 0 Å². The van der Waals surface area contributed by atoms with E-state index in [2.05, 4.69) is 29.1 Å². The third kappa shape index (κ3) is 3.66. The maximum absolute atomic E-state index is 11.8. The standard InChI is InChI=1S/C14H22N4O/c1-3-5-15-13-8-16-12(7-17-13)10-18-9-11(4-2)6-14(18)19/h7-8,11H,3-6,9-10H2,1-2H3,(H,15,17). The monoisotopic (exact) mass is 262 g/mol. The fraction of sp³-hybridized carbons (Fsp3) is 0.643. The lowest BCUT2D eigenvalue weighted by atomic mass is 10.1. The zero-order valence-electron chi connectivity index (χ0n) is 11.7. The van der Waals surface area contributed by atoms with Crippen molar-refractivity contribution in [2.75, 3.05) is 18.4 Å². The summed E-state index contributed by atoms with van der Waals surface area (Å²) in [5, 5.41) is 3.19. The van der Waals surface area contributed by atoms with Gasteiger partial charge in [0.25, 0.3) is 0 Å². The van der Waals surface area contributed by atoms with Crippen LogP contribution in [-0.2, 0) is 11.3 Å². The minimum atomic E-state index is 0.238. The minimum absolute atomic E-state index is 0.238. The average molecular weight is 262 g/mol. The number of amides is 1. The average Bonchev–Trinajstić information content (AvgIpc) is 2.79. The summed E-state index contributed by atoms with van der Waals surface area (Å²) in [6.45, 7) is 6.58. The highest BCUT2D eigenvalue weighted by Gasteiger charge is 2.28. The molecule has 1 aliphatic rings. The number of rotatable bonds is 6. The predicted octanol–water partition coefficient (Wildman–Crippen LogP) is 2.06. The van der Waals surface area contributed by atoms with Crippen molar-refractivity contribution in [3.63, 3.8) is 0 Å². The first kappa shape index (κ1) is 13.8. The Balaban J connectivity index is 1.91. The Morgan fingerprint density at radius 1 is 1.37 bits per heavy atom. The van der Waals surface area contributed by atoms with Gasteiger partial charge in [0.2, 0.25) is 5.91 Å². The molecule has 1 saturated heterocycles. The van der Waals surface area contributed by atoms with Crippen LogP contribution < -0.4 is 5.32 Å². The zero-order valence-corrected chi connectivity index (χ0v) is 11.7. The molecule has 0 spiro atoms. The van der Waals surface area contributed by atoms with E-state index in [0.29, 0.717) is 18.9 Å². The molecule has 1 atom stereocenters. The van der Waals surface area contributed by atoms with Crippen LogP contribution >= 0.6 is 0 Å². The lowest BCUT2D eigenvalue weighted by molar-refractivity contribution is -0.128. The predicted molar refractivity (Wildman–Crippen MR) is 74.6 cm³/mol. The molecule has 19 heavy (non-hydrogen) atoms. The highest BCUT2D eigenvalue weighted by molar-refractivity contribution is 5.78. The fourth-order valence-electron chi connectivity index (χ4n) is 2.26. The molecule has 1 unspecified atom stereocenters. The fourth-order valence-corrected chi connectivity index (χ4v) is 2.26. The van der Waals surface area contributed by atoms with E-state index in [9.17, 15) is 4.79 Å². The highest BCUT2D eigenvalue weighted by atomic mass is 16.2. The normalized spacial score (nSPS) is 18.9. The van der Waals surface area contributed by atoms with Crippen molar-refractivity contribution in [1.82, 2.24) is 14.9 Å². The van der Waals surface area contributed by atoms with E-state index in [1.54, 1.807) is 12.4 Å². The molecule has 5 heteroatoms. The summed E-state index contributed by atoms with van der Waals surface area (Å²) in [6, 6.07) is 0. The Hall–Kier alpha value is -1.65. The van der Waals surface area contributed by atoms with E-state index in [4.69, 9.17) is 0 Å². The van der Waals surface area contributed by atoms with Crippen LogP contribution in [0.15, 0.2) is 12.4 Å². The molecule has 0 aliphatic carbocycles. The van der Waals surface area contributed by atoms with Crippen LogP contribution in [0.3, 0.4) is 0 Å². The second-order valence-electron chi connectivity index (χ2n) is 5.07. The van der Waals surface area contributed by atoms with Gasteiger partial charge in [-0.3, -0.25) is 9.78 Å². The molecule has 0 saturated carbocycles. The van der Waals surface area contributed by atoms with Crippen molar-refractivity contribution in [3.05, 3.63) is 18.1 Å². The van der Waals surface area contributed by atoms with Gasteiger partial charge in [-0.1, -0.05) is 20.3 Å². The van der Waals surface area contributed by atoms with Gasteiger partial charge in [0.05, 0.1) is 24.6 Å². The third-order valence-corrected chi connectivity index (χ3v) is 3.49. The van der Waals surface area contributed by atoms with Gasteiger partial charge in [0.1, 0.15) is 5.82 Å². The van der Waals surface area contributed by atoms with Crippen LogP contribution in [0.2, 0.25) is 0 Å². The number of likely N-dealkylation sites (tertiary alicyclic amines) is 1. The minimum Gasteiger partial charge on any atom is -0.369 e. The second kappa shape index (κ2) is 6.50. The van der Waals surface area contributed by atoms with Gasteiger partial charge in [-0.25, -0.2) is 4.98 Å². The summed E-state index contributed by atoms with van der Waals surface area (Å²) in [7, 11) is 0. The van der Waals surface area contributed by atoms with E-state index >= 15 is 0 Å². The summed E-state index contributed by atoms with van der Waals surface area (Å²) in [4.78, 5) is 22.4. The number of anilines is 1. The largest absolute Gasteiger partial charge is 0.369 e. The number of aromatic nitrogens is 2. The van der Waals surface area contributed by atoms with Gasteiger partial charge in [-0.2, -0.15) is 0 Å². The molecule has 1 N–H and O–H groups in total. The summed E-state index contributed by atoms with van der Waals surface area (Å²) in [5.41, 5.74) is 0.854. The van der Waals surface area contributed by atoms with E-state index in [1.165, 1.54) is 0 Å². The Morgan fingerprint density at radius 2 is 2.21 bits per heavy atom. The summed E-state index contributed by atoms with van der Waals surface area (Å²) in [6.07, 6.45) is 6.30. The molecule has 1 amide bonds. The Morgan fingerprint density at radius 3 is 2.79 bits per heavy atom. The SMILES string of the molecule is CCCNc1cnc(CN2CC(CC)CC2=O)cn1. The molecule has 104 valence electrons. The molecule has 0 bridgehead atoms. The van der Waals surface area contributed by atoms with Gasteiger partial charge in [-0.15, -0.1) is 0 Å². The van der Waals surface area contributed by atoms with Crippen molar-refractivity contribution in [1.29, 1.82) is 0 Å². The topological polar surface area (TPSA) is 58.1 Å². The van der Waals surface area contributed by atoms with Crippen LogP contribution in [0.5, 0.6) is 0 Å². The summed E-state index contributed by atoms with van der Waals surface area (Å²) < 4.78 is 0. The second-order valence-corrected chi connectivity index (χ2v) is 5.07. The van der Waals surface area contributed by atoms with Gasteiger partial charge < -0.3 is 10.2 Å². The van der Waals surface area contributed by atoms with Gasteiger partial charge in [-0.05, 0) is 12.3 Å². The van der Waals surface area contributed by atoms with E-state index in [1.807, 2.05) is 4.90 Å². The molecule has 1 aliphatic heterocycles. The van der Waals surface area contributed by atoms with Crippen LogP contribution in [-0.4, -0.2) is 33.9 Å². The quantitative estimate of drug-likeness (QED) is 0.852. The first-order valence-corrected chi connectivity index (χ1v) is 7.05. The number of hydrogen-bond acceptors (Lipinski definition) is 4.